The van der Waals surface area contributed by atoms with E-state index < -0.39 is 15.9 Å². The van der Waals surface area contributed by atoms with E-state index in [4.69, 9.17) is 9.47 Å². The number of hydrogen-bond donors (Lipinski definition) is 2. The predicted octanol–water partition coefficient (Wildman–Crippen LogP) is 1.81. The van der Waals surface area contributed by atoms with Gasteiger partial charge in [-0.3, -0.25) is 0 Å². The lowest BCUT2D eigenvalue weighted by molar-refractivity contribution is 0.104. The van der Waals surface area contributed by atoms with E-state index in [2.05, 4.69) is 5.32 Å². The number of para-hydroxylation sites is 1. The van der Waals surface area contributed by atoms with Crippen molar-refractivity contribution in [3.8, 4) is 11.5 Å². The summed E-state index contributed by atoms with van der Waals surface area (Å²) in [5, 5.41) is 13.1. The molecule has 0 aromatic heterocycles. The smallest absolute Gasteiger partial charge is 0.179 e. The van der Waals surface area contributed by atoms with Crippen LogP contribution in [0.4, 0.5) is 0 Å². The van der Waals surface area contributed by atoms with E-state index in [-0.39, 0.29) is 17.3 Å². The van der Waals surface area contributed by atoms with Crippen LogP contribution in [0.25, 0.3) is 0 Å². The maximum Gasteiger partial charge on any atom is 0.179 e. The summed E-state index contributed by atoms with van der Waals surface area (Å²) in [5.41, 5.74) is 0.887. The van der Waals surface area contributed by atoms with Gasteiger partial charge in [0.25, 0.3) is 0 Å². The first-order valence-electron chi connectivity index (χ1n) is 8.36. The van der Waals surface area contributed by atoms with Crippen LogP contribution in [0.1, 0.15) is 5.56 Å². The molecule has 0 saturated carbocycles. The molecule has 142 valence electrons. The van der Waals surface area contributed by atoms with Crippen molar-refractivity contribution >= 4 is 9.84 Å². The molecule has 2 aromatic carbocycles. The van der Waals surface area contributed by atoms with Gasteiger partial charge in [-0.15, -0.1) is 0 Å². The molecule has 2 aromatic rings. The molecular weight excluding hydrogens is 354 g/mol. The number of rotatable bonds is 10. The second-order valence-corrected chi connectivity index (χ2v) is 8.04. The van der Waals surface area contributed by atoms with Crippen LogP contribution in [-0.2, 0) is 9.84 Å². The van der Waals surface area contributed by atoms with Crippen molar-refractivity contribution in [1.29, 1.82) is 0 Å². The molecule has 26 heavy (non-hydrogen) atoms. The second kappa shape index (κ2) is 9.56. The number of nitrogens with one attached hydrogen (secondary N) is 1. The van der Waals surface area contributed by atoms with Gasteiger partial charge in [-0.1, -0.05) is 24.3 Å². The first kappa shape index (κ1) is 20.2. The number of aryl methyl sites for hydroxylation is 1. The molecule has 0 saturated heterocycles. The lowest BCUT2D eigenvalue weighted by Gasteiger charge is -2.15. The molecule has 1 unspecified atom stereocenters. The summed E-state index contributed by atoms with van der Waals surface area (Å²) in [6.45, 7) is 3.22. The molecule has 1 atom stereocenters. The number of sulfone groups is 1. The van der Waals surface area contributed by atoms with Crippen molar-refractivity contribution in [1.82, 2.24) is 5.32 Å². The van der Waals surface area contributed by atoms with Gasteiger partial charge in [0.05, 0.1) is 0 Å². The van der Waals surface area contributed by atoms with E-state index in [9.17, 15) is 13.5 Å². The maximum atomic E-state index is 11.8. The van der Waals surface area contributed by atoms with Crippen molar-refractivity contribution in [2.24, 2.45) is 0 Å². The van der Waals surface area contributed by atoms with E-state index in [1.165, 1.54) is 6.07 Å². The zero-order chi connectivity index (χ0) is 19.0. The molecule has 0 aliphatic heterocycles. The molecule has 0 heterocycles. The number of hydrogen-bond acceptors (Lipinski definition) is 6. The van der Waals surface area contributed by atoms with Crippen LogP contribution in [0.2, 0.25) is 0 Å². The molecule has 0 aliphatic carbocycles. The van der Waals surface area contributed by atoms with Crippen LogP contribution < -0.4 is 14.8 Å². The Morgan fingerprint density at radius 1 is 1.12 bits per heavy atom. The van der Waals surface area contributed by atoms with Gasteiger partial charge < -0.3 is 19.9 Å². The minimum atomic E-state index is -3.39. The lowest BCUT2D eigenvalue weighted by atomic mass is 10.2. The Morgan fingerprint density at radius 2 is 1.85 bits per heavy atom. The summed E-state index contributed by atoms with van der Waals surface area (Å²) >= 11 is 0. The topological polar surface area (TPSA) is 84.9 Å². The Hall–Kier alpha value is -2.09. The number of aliphatic hydroxyl groups is 1. The van der Waals surface area contributed by atoms with Gasteiger partial charge in [0.15, 0.2) is 9.84 Å². The fourth-order valence-electron chi connectivity index (χ4n) is 2.31. The summed E-state index contributed by atoms with van der Waals surface area (Å²) < 4.78 is 34.7. The minimum absolute atomic E-state index is 0.00147. The molecule has 7 heteroatoms. The molecule has 0 spiro atoms. The molecule has 2 N–H and O–H groups in total. The van der Waals surface area contributed by atoms with Gasteiger partial charge in [0, 0.05) is 19.3 Å². The molecule has 6 nitrogen and oxygen atoms in total. The van der Waals surface area contributed by atoms with Crippen molar-refractivity contribution in [2.75, 3.05) is 32.6 Å². The average Bonchev–Trinajstić information content (AvgIpc) is 2.59. The van der Waals surface area contributed by atoms with Gasteiger partial charge in [0.2, 0.25) is 0 Å². The fourth-order valence-corrected chi connectivity index (χ4v) is 3.10. The van der Waals surface area contributed by atoms with Crippen LogP contribution in [0, 0.1) is 6.92 Å². The van der Waals surface area contributed by atoms with Crippen LogP contribution in [0.5, 0.6) is 11.5 Å². The third-order valence-electron chi connectivity index (χ3n) is 3.60. The molecule has 0 amide bonds. The highest BCUT2D eigenvalue weighted by atomic mass is 32.2. The van der Waals surface area contributed by atoms with Gasteiger partial charge in [0.1, 0.15) is 35.7 Å². The highest BCUT2D eigenvalue weighted by Crippen LogP contribution is 2.25. The first-order valence-corrected chi connectivity index (χ1v) is 10.3. The van der Waals surface area contributed by atoms with Crippen molar-refractivity contribution in [3.63, 3.8) is 0 Å². The third-order valence-corrected chi connectivity index (χ3v) is 4.74. The second-order valence-electron chi connectivity index (χ2n) is 6.05. The van der Waals surface area contributed by atoms with Gasteiger partial charge in [-0.05, 0) is 36.8 Å². The van der Waals surface area contributed by atoms with Crippen molar-refractivity contribution in [3.05, 3.63) is 54.1 Å². The van der Waals surface area contributed by atoms with E-state index in [0.717, 1.165) is 17.6 Å². The monoisotopic (exact) mass is 379 g/mol. The van der Waals surface area contributed by atoms with E-state index in [1.807, 2.05) is 37.3 Å². The zero-order valence-electron chi connectivity index (χ0n) is 15.0. The predicted molar refractivity (Wildman–Crippen MR) is 101 cm³/mol. The molecule has 0 bridgehead atoms. The standard InChI is InChI=1S/C19H25NO5S/c1-15-8-9-19(26(2,22)23)18(12-15)25-14-16(21)13-20-10-11-24-17-6-4-3-5-7-17/h3-9,12,16,20-21H,10-11,13-14H2,1-2H3. The quantitative estimate of drug-likeness (QED) is 0.613. The number of aliphatic hydroxyl groups excluding tert-OH is 1. The molecule has 0 radical (unpaired) electrons. The number of ether oxygens (including phenoxy) is 2. The molecule has 0 fully saturated rings. The Bertz CT molecular complexity index is 793. The average molecular weight is 379 g/mol. The zero-order valence-corrected chi connectivity index (χ0v) is 15.8. The van der Waals surface area contributed by atoms with Crippen molar-refractivity contribution in [2.45, 2.75) is 17.9 Å². The van der Waals surface area contributed by atoms with Crippen molar-refractivity contribution < 1.29 is 23.0 Å². The third kappa shape index (κ3) is 6.67. The SMILES string of the molecule is Cc1ccc(S(C)(=O)=O)c(OCC(O)CNCCOc2ccccc2)c1. The molecule has 0 aliphatic rings. The minimum Gasteiger partial charge on any atom is -0.492 e. The van der Waals surface area contributed by atoms with Gasteiger partial charge in [-0.2, -0.15) is 0 Å². The van der Waals surface area contributed by atoms with E-state index in [0.29, 0.717) is 19.7 Å². The number of benzene rings is 2. The van der Waals surface area contributed by atoms with Crippen LogP contribution >= 0.6 is 0 Å². The molecular formula is C19H25NO5S. The Balaban J connectivity index is 1.73. The van der Waals surface area contributed by atoms with Crippen LogP contribution in [-0.4, -0.2) is 52.2 Å². The largest absolute Gasteiger partial charge is 0.492 e. The maximum absolute atomic E-state index is 11.8. The Labute approximate surface area is 154 Å². The summed E-state index contributed by atoms with van der Waals surface area (Å²) in [4.78, 5) is 0.125. The van der Waals surface area contributed by atoms with Crippen LogP contribution in [0.3, 0.4) is 0 Å². The Morgan fingerprint density at radius 3 is 2.54 bits per heavy atom. The van der Waals surface area contributed by atoms with E-state index in [1.54, 1.807) is 12.1 Å². The fraction of sp³-hybridized carbons (Fsp3) is 0.368. The highest BCUT2D eigenvalue weighted by molar-refractivity contribution is 7.90. The first-order chi connectivity index (χ1) is 12.4. The normalized spacial score (nSPS) is 12.6. The van der Waals surface area contributed by atoms with Gasteiger partial charge >= 0.3 is 0 Å². The summed E-state index contributed by atoms with van der Waals surface area (Å²) in [7, 11) is -3.39. The lowest BCUT2D eigenvalue weighted by Crippen LogP contribution is -2.33. The van der Waals surface area contributed by atoms with Crippen LogP contribution in [0.15, 0.2) is 53.4 Å². The van der Waals surface area contributed by atoms with E-state index >= 15 is 0 Å². The highest BCUT2D eigenvalue weighted by Gasteiger charge is 2.15. The Kier molecular flexibility index (Phi) is 7.44. The summed E-state index contributed by atoms with van der Waals surface area (Å²) in [6, 6.07) is 14.4. The summed E-state index contributed by atoms with van der Waals surface area (Å²) in [5.74, 6) is 1.06. The summed E-state index contributed by atoms with van der Waals surface area (Å²) in [6.07, 6.45) is 0.370. The van der Waals surface area contributed by atoms with Gasteiger partial charge in [-0.25, -0.2) is 8.42 Å². The molecule has 2 rings (SSSR count).